The van der Waals surface area contributed by atoms with Gasteiger partial charge in [-0.05, 0) is 29.5 Å². The lowest BCUT2D eigenvalue weighted by atomic mass is 10.1. The van der Waals surface area contributed by atoms with Gasteiger partial charge in [-0.25, -0.2) is 9.97 Å². The summed E-state index contributed by atoms with van der Waals surface area (Å²) in [5.41, 5.74) is 2.08. The zero-order valence-corrected chi connectivity index (χ0v) is 15.7. The second kappa shape index (κ2) is 6.54. The fourth-order valence-electron chi connectivity index (χ4n) is 4.18. The van der Waals surface area contributed by atoms with Crippen molar-refractivity contribution in [3.05, 3.63) is 54.3 Å². The van der Waals surface area contributed by atoms with Gasteiger partial charge in [0.2, 0.25) is 5.89 Å². The predicted octanol–water partition coefficient (Wildman–Crippen LogP) is 2.70. The van der Waals surface area contributed by atoms with Crippen molar-refractivity contribution >= 4 is 22.8 Å². The molecule has 2 aliphatic rings. The van der Waals surface area contributed by atoms with Gasteiger partial charge in [0, 0.05) is 25.0 Å². The van der Waals surface area contributed by atoms with Gasteiger partial charge in [-0.15, -0.1) is 0 Å². The van der Waals surface area contributed by atoms with Crippen LogP contribution in [0.3, 0.4) is 0 Å². The Kier molecular flexibility index (Phi) is 3.71. The smallest absolute Gasteiger partial charge is 0.266 e. The van der Waals surface area contributed by atoms with E-state index in [0.29, 0.717) is 17.8 Å². The minimum Gasteiger partial charge on any atom is -0.365 e. The van der Waals surface area contributed by atoms with Crippen LogP contribution in [0.2, 0.25) is 0 Å². The molecule has 1 aromatic carbocycles. The third-order valence-corrected chi connectivity index (χ3v) is 5.83. The first-order valence-corrected chi connectivity index (χ1v) is 9.89. The van der Waals surface area contributed by atoms with Crippen molar-refractivity contribution in [3.8, 4) is 0 Å². The second-order valence-electron chi connectivity index (χ2n) is 7.72. The van der Waals surface area contributed by atoms with E-state index in [1.54, 1.807) is 12.5 Å². The molecule has 9 heteroatoms. The molecule has 4 heterocycles. The molecule has 29 heavy (non-hydrogen) atoms. The lowest BCUT2D eigenvalue weighted by Gasteiger charge is -2.15. The number of anilines is 2. The van der Waals surface area contributed by atoms with E-state index in [1.165, 1.54) is 5.56 Å². The summed E-state index contributed by atoms with van der Waals surface area (Å²) < 4.78 is 5.60. The minimum absolute atomic E-state index is 0.253. The van der Waals surface area contributed by atoms with Crippen molar-refractivity contribution in [2.45, 2.75) is 30.7 Å². The number of hydrogen-bond donors (Lipinski definition) is 2. The Morgan fingerprint density at radius 1 is 1.14 bits per heavy atom. The van der Waals surface area contributed by atoms with E-state index in [0.717, 1.165) is 48.7 Å². The number of rotatable bonds is 5. The molecule has 4 aromatic rings. The van der Waals surface area contributed by atoms with Gasteiger partial charge < -0.3 is 14.7 Å². The van der Waals surface area contributed by atoms with Crippen molar-refractivity contribution in [2.24, 2.45) is 0 Å². The molecule has 1 saturated heterocycles. The van der Waals surface area contributed by atoms with Gasteiger partial charge in [0.1, 0.15) is 12.1 Å². The first-order chi connectivity index (χ1) is 14.3. The van der Waals surface area contributed by atoms with Crippen molar-refractivity contribution in [1.29, 1.82) is 0 Å². The summed E-state index contributed by atoms with van der Waals surface area (Å²) in [4.78, 5) is 15.4. The van der Waals surface area contributed by atoms with Crippen LogP contribution in [0.1, 0.15) is 36.1 Å². The van der Waals surface area contributed by atoms with Crippen LogP contribution in [0.25, 0.3) is 11.0 Å². The molecule has 3 aromatic heterocycles. The molecule has 1 aliphatic carbocycles. The summed E-state index contributed by atoms with van der Waals surface area (Å²) in [5.74, 6) is 3.06. The topological polar surface area (TPSA) is 109 Å². The van der Waals surface area contributed by atoms with Crippen LogP contribution in [-0.2, 0) is 0 Å². The van der Waals surface area contributed by atoms with Crippen molar-refractivity contribution in [3.63, 3.8) is 0 Å². The Balaban J connectivity index is 1.12. The highest BCUT2D eigenvalue weighted by atomic mass is 16.5. The molecular weight excluding hydrogens is 368 g/mol. The van der Waals surface area contributed by atoms with Crippen molar-refractivity contribution in [2.75, 3.05) is 23.3 Å². The maximum atomic E-state index is 5.60. The maximum Gasteiger partial charge on any atom is 0.266 e. The molecule has 3 atom stereocenters. The zero-order chi connectivity index (χ0) is 19.2. The van der Waals surface area contributed by atoms with Crippen LogP contribution in [0, 0.1) is 0 Å². The Morgan fingerprint density at radius 2 is 2.07 bits per heavy atom. The molecule has 9 nitrogen and oxygen atoms in total. The highest BCUT2D eigenvalue weighted by Crippen LogP contribution is 2.54. The Bertz CT molecular complexity index is 1140. The molecule has 146 valence electrons. The van der Waals surface area contributed by atoms with Crippen LogP contribution in [0.15, 0.2) is 47.4 Å². The number of hydrogen-bond acceptors (Lipinski definition) is 8. The maximum absolute atomic E-state index is 5.60. The van der Waals surface area contributed by atoms with E-state index in [2.05, 4.69) is 59.8 Å². The van der Waals surface area contributed by atoms with Gasteiger partial charge in [-0.2, -0.15) is 10.1 Å². The summed E-state index contributed by atoms with van der Waals surface area (Å²) in [6, 6.07) is 10.8. The summed E-state index contributed by atoms with van der Waals surface area (Å²) in [6.45, 7) is 1.68. The molecule has 6 rings (SSSR count). The Labute approximate surface area is 166 Å². The lowest BCUT2D eigenvalue weighted by molar-refractivity contribution is 0.377. The molecule has 2 fully saturated rings. The summed E-state index contributed by atoms with van der Waals surface area (Å²) in [5, 5.41) is 15.6. The van der Waals surface area contributed by atoms with Gasteiger partial charge in [0.15, 0.2) is 5.65 Å². The summed E-state index contributed by atoms with van der Waals surface area (Å²) in [6.07, 6.45) is 5.34. The standard InChI is InChI=1S/C20H20N8O/c1-2-4-12(5-3-1)14-8-15(14)19-25-20(27-29-19)28-7-6-13(10-28)24-17-16-9-23-26-18(16)22-11-21-17/h1-5,9,11,13-15H,6-8,10H2,(H2,21,22,23,24,26)/t13-,14+,15-/m0/s1. The quantitative estimate of drug-likeness (QED) is 0.537. The minimum atomic E-state index is 0.253. The van der Waals surface area contributed by atoms with Crippen LogP contribution >= 0.6 is 0 Å². The number of H-pyrrole nitrogens is 1. The highest BCUT2D eigenvalue weighted by Gasteiger charge is 2.44. The monoisotopic (exact) mass is 388 g/mol. The average Bonchev–Trinajstić information content (AvgIpc) is 3.14. The molecule has 0 radical (unpaired) electrons. The second-order valence-corrected chi connectivity index (χ2v) is 7.72. The molecule has 2 N–H and O–H groups in total. The van der Waals surface area contributed by atoms with Gasteiger partial charge in [-0.1, -0.05) is 30.3 Å². The number of fused-ring (bicyclic) bond motifs is 1. The lowest BCUT2D eigenvalue weighted by Crippen LogP contribution is -2.27. The van der Waals surface area contributed by atoms with Crippen molar-refractivity contribution in [1.82, 2.24) is 30.3 Å². The highest BCUT2D eigenvalue weighted by molar-refractivity contribution is 5.85. The van der Waals surface area contributed by atoms with Crippen LogP contribution in [0.5, 0.6) is 0 Å². The van der Waals surface area contributed by atoms with Crippen LogP contribution in [0.4, 0.5) is 11.8 Å². The third-order valence-electron chi connectivity index (χ3n) is 5.83. The fraction of sp³-hybridized carbons (Fsp3) is 0.350. The van der Waals surface area contributed by atoms with Gasteiger partial charge in [0.05, 0.1) is 11.6 Å². The van der Waals surface area contributed by atoms with Gasteiger partial charge in [0.25, 0.3) is 5.95 Å². The summed E-state index contributed by atoms with van der Waals surface area (Å²) in [7, 11) is 0. The largest absolute Gasteiger partial charge is 0.365 e. The first kappa shape index (κ1) is 16.5. The van der Waals surface area contributed by atoms with E-state index in [1.807, 2.05) is 6.07 Å². The van der Waals surface area contributed by atoms with Gasteiger partial charge >= 0.3 is 0 Å². The molecular formula is C20H20N8O. The van der Waals surface area contributed by atoms with E-state index >= 15 is 0 Å². The third kappa shape index (κ3) is 2.98. The SMILES string of the molecule is c1ccc([C@H]2C[C@@H]2c2nc(N3CC[C@H](Nc4ncnc5[nH]ncc45)C3)no2)cc1. The van der Waals surface area contributed by atoms with Crippen LogP contribution < -0.4 is 10.2 Å². The summed E-state index contributed by atoms with van der Waals surface area (Å²) >= 11 is 0. The Hall–Kier alpha value is -3.49. The van der Waals surface area contributed by atoms with E-state index in [4.69, 9.17) is 9.51 Å². The van der Waals surface area contributed by atoms with E-state index in [9.17, 15) is 0 Å². The van der Waals surface area contributed by atoms with E-state index < -0.39 is 0 Å². The molecule has 1 aliphatic heterocycles. The molecule has 1 saturated carbocycles. The van der Waals surface area contributed by atoms with Crippen LogP contribution in [-0.4, -0.2) is 49.4 Å². The van der Waals surface area contributed by atoms with Gasteiger partial charge in [-0.3, -0.25) is 5.10 Å². The normalized spacial score (nSPS) is 23.6. The number of aromatic amines is 1. The number of aromatic nitrogens is 6. The zero-order valence-electron chi connectivity index (χ0n) is 15.7. The first-order valence-electron chi connectivity index (χ1n) is 9.89. The molecule has 0 spiro atoms. The molecule has 0 amide bonds. The predicted molar refractivity (Wildman–Crippen MR) is 107 cm³/mol. The molecule has 0 bridgehead atoms. The number of nitrogens with zero attached hydrogens (tertiary/aromatic N) is 6. The van der Waals surface area contributed by atoms with E-state index in [-0.39, 0.29) is 6.04 Å². The average molecular weight is 388 g/mol. The Morgan fingerprint density at radius 3 is 3.00 bits per heavy atom. The number of benzene rings is 1. The van der Waals surface area contributed by atoms with Crippen molar-refractivity contribution < 1.29 is 4.52 Å². The molecule has 0 unspecified atom stereocenters. The number of nitrogens with one attached hydrogen (secondary N) is 2. The fourth-order valence-corrected chi connectivity index (χ4v) is 4.18.